The van der Waals surface area contributed by atoms with Crippen molar-refractivity contribution in [2.75, 3.05) is 27.4 Å². The number of ether oxygens (including phenoxy) is 4. The molecule has 2 rings (SSSR count). The fourth-order valence-corrected chi connectivity index (χ4v) is 2.69. The summed E-state index contributed by atoms with van der Waals surface area (Å²) in [4.78, 5) is 0. The third kappa shape index (κ3) is 4.32. The van der Waals surface area contributed by atoms with Crippen molar-refractivity contribution in [1.82, 2.24) is 0 Å². The molecule has 24 heavy (non-hydrogen) atoms. The molecule has 0 saturated carbocycles. The standard InChI is InChI=1S/C17H24O7/c1-21-15-13(10-19)24-17(16(22-2)14(15)20)23-12-7-3-5-11(9-12)6-4-8-18/h3-7,9,13-20H,8,10H2,1-2H3. The van der Waals surface area contributed by atoms with Gasteiger partial charge >= 0.3 is 0 Å². The number of benzene rings is 1. The summed E-state index contributed by atoms with van der Waals surface area (Å²) in [6.45, 7) is -0.365. The molecule has 3 N–H and O–H groups in total. The van der Waals surface area contributed by atoms with Gasteiger partial charge in [0.1, 0.15) is 30.2 Å². The van der Waals surface area contributed by atoms with Crippen molar-refractivity contribution in [3.8, 4) is 5.75 Å². The summed E-state index contributed by atoms with van der Waals surface area (Å²) in [6, 6.07) is 7.18. The second kappa shape index (κ2) is 9.12. The predicted octanol–water partition coefficient (Wildman–Crippen LogP) is 0.179. The van der Waals surface area contributed by atoms with E-state index in [-0.39, 0.29) is 13.2 Å². The average Bonchev–Trinajstić information content (AvgIpc) is 2.60. The monoisotopic (exact) mass is 340 g/mol. The van der Waals surface area contributed by atoms with E-state index < -0.39 is 30.7 Å². The number of aliphatic hydroxyl groups is 3. The topological polar surface area (TPSA) is 97.6 Å². The van der Waals surface area contributed by atoms with Crippen LogP contribution >= 0.6 is 0 Å². The van der Waals surface area contributed by atoms with Gasteiger partial charge in [0, 0.05) is 14.2 Å². The summed E-state index contributed by atoms with van der Waals surface area (Å²) >= 11 is 0. The Morgan fingerprint density at radius 3 is 2.54 bits per heavy atom. The van der Waals surface area contributed by atoms with Crippen LogP contribution in [-0.4, -0.2) is 73.5 Å². The zero-order valence-corrected chi connectivity index (χ0v) is 13.7. The molecule has 7 heteroatoms. The minimum absolute atomic E-state index is 0.0502. The summed E-state index contributed by atoms with van der Waals surface area (Å²) < 4.78 is 22.0. The molecule has 134 valence electrons. The third-order valence-corrected chi connectivity index (χ3v) is 3.87. The van der Waals surface area contributed by atoms with E-state index in [2.05, 4.69) is 0 Å². The van der Waals surface area contributed by atoms with Crippen LogP contribution in [0.5, 0.6) is 5.75 Å². The molecule has 1 saturated heterocycles. The van der Waals surface area contributed by atoms with Gasteiger partial charge in [0.2, 0.25) is 6.29 Å². The predicted molar refractivity (Wildman–Crippen MR) is 86.5 cm³/mol. The Hall–Kier alpha value is -1.48. The molecule has 1 aromatic rings. The Labute approximate surface area is 141 Å². The maximum atomic E-state index is 10.4. The highest BCUT2D eigenvalue weighted by atomic mass is 16.7. The van der Waals surface area contributed by atoms with E-state index in [1.807, 2.05) is 6.07 Å². The summed E-state index contributed by atoms with van der Waals surface area (Å²) in [5, 5.41) is 28.7. The fourth-order valence-electron chi connectivity index (χ4n) is 2.69. The third-order valence-electron chi connectivity index (χ3n) is 3.87. The second-order valence-corrected chi connectivity index (χ2v) is 5.39. The number of hydrogen-bond acceptors (Lipinski definition) is 7. The molecular formula is C17H24O7. The van der Waals surface area contributed by atoms with Crippen molar-refractivity contribution in [2.45, 2.75) is 30.7 Å². The van der Waals surface area contributed by atoms with Crippen molar-refractivity contribution in [2.24, 2.45) is 0 Å². The van der Waals surface area contributed by atoms with Gasteiger partial charge in [0.15, 0.2) is 0 Å². The first kappa shape index (κ1) is 18.9. The van der Waals surface area contributed by atoms with Crippen molar-refractivity contribution in [3.05, 3.63) is 35.9 Å². The van der Waals surface area contributed by atoms with Crippen LogP contribution in [0.3, 0.4) is 0 Å². The molecule has 1 aromatic carbocycles. The number of methoxy groups -OCH3 is 2. The van der Waals surface area contributed by atoms with Crippen LogP contribution in [0.4, 0.5) is 0 Å². The smallest absolute Gasteiger partial charge is 0.229 e. The van der Waals surface area contributed by atoms with Crippen LogP contribution in [0, 0.1) is 0 Å². The van der Waals surface area contributed by atoms with Gasteiger partial charge < -0.3 is 34.3 Å². The Morgan fingerprint density at radius 1 is 1.17 bits per heavy atom. The van der Waals surface area contributed by atoms with Crippen molar-refractivity contribution >= 4 is 6.08 Å². The lowest BCUT2D eigenvalue weighted by Gasteiger charge is -2.42. The minimum Gasteiger partial charge on any atom is -0.462 e. The molecule has 5 atom stereocenters. The largest absolute Gasteiger partial charge is 0.462 e. The first-order valence-electron chi connectivity index (χ1n) is 7.68. The molecule has 1 heterocycles. The molecule has 0 amide bonds. The van der Waals surface area contributed by atoms with E-state index in [0.717, 1.165) is 5.56 Å². The van der Waals surface area contributed by atoms with Gasteiger partial charge in [0.25, 0.3) is 0 Å². The molecule has 1 aliphatic heterocycles. The quantitative estimate of drug-likeness (QED) is 0.651. The van der Waals surface area contributed by atoms with Gasteiger partial charge in [0.05, 0.1) is 13.2 Å². The molecular weight excluding hydrogens is 316 g/mol. The number of aliphatic hydroxyl groups excluding tert-OH is 3. The van der Waals surface area contributed by atoms with Gasteiger partial charge in [-0.1, -0.05) is 24.3 Å². The number of rotatable bonds is 7. The Balaban J connectivity index is 2.16. The lowest BCUT2D eigenvalue weighted by atomic mass is 9.99. The molecule has 1 fully saturated rings. The van der Waals surface area contributed by atoms with Crippen LogP contribution in [0.1, 0.15) is 5.56 Å². The summed E-state index contributed by atoms with van der Waals surface area (Å²) in [6.07, 6.45) is -0.733. The van der Waals surface area contributed by atoms with Crippen LogP contribution in [-0.2, 0) is 14.2 Å². The van der Waals surface area contributed by atoms with Gasteiger partial charge in [-0.25, -0.2) is 0 Å². The molecule has 1 aliphatic rings. The molecule has 0 aliphatic carbocycles. The summed E-state index contributed by atoms with van der Waals surface area (Å²) in [7, 11) is 2.88. The molecule has 0 aromatic heterocycles. The molecule has 7 nitrogen and oxygen atoms in total. The highest BCUT2D eigenvalue weighted by Crippen LogP contribution is 2.27. The van der Waals surface area contributed by atoms with Gasteiger partial charge in [-0.2, -0.15) is 0 Å². The first-order chi connectivity index (χ1) is 11.6. The van der Waals surface area contributed by atoms with Crippen LogP contribution in [0.2, 0.25) is 0 Å². The highest BCUT2D eigenvalue weighted by molar-refractivity contribution is 5.51. The Kier molecular flexibility index (Phi) is 7.16. The van der Waals surface area contributed by atoms with E-state index in [9.17, 15) is 10.2 Å². The van der Waals surface area contributed by atoms with E-state index in [1.165, 1.54) is 14.2 Å². The fraction of sp³-hybridized carbons (Fsp3) is 0.529. The Morgan fingerprint density at radius 2 is 1.92 bits per heavy atom. The number of hydrogen-bond donors (Lipinski definition) is 3. The maximum absolute atomic E-state index is 10.4. The minimum atomic E-state index is -1.01. The lowest BCUT2D eigenvalue weighted by Crippen LogP contribution is -2.61. The van der Waals surface area contributed by atoms with E-state index in [4.69, 9.17) is 24.1 Å². The molecule has 5 unspecified atom stereocenters. The van der Waals surface area contributed by atoms with Crippen molar-refractivity contribution in [1.29, 1.82) is 0 Å². The summed E-state index contributed by atoms with van der Waals surface area (Å²) in [5.74, 6) is 0.516. The molecule has 0 bridgehead atoms. The Bertz CT molecular complexity index is 533. The van der Waals surface area contributed by atoms with Gasteiger partial charge in [-0.15, -0.1) is 0 Å². The van der Waals surface area contributed by atoms with Gasteiger partial charge in [-0.05, 0) is 17.7 Å². The maximum Gasteiger partial charge on any atom is 0.229 e. The normalized spacial score (nSPS) is 30.6. The zero-order chi connectivity index (χ0) is 17.5. The highest BCUT2D eigenvalue weighted by Gasteiger charge is 2.46. The van der Waals surface area contributed by atoms with Crippen molar-refractivity contribution in [3.63, 3.8) is 0 Å². The van der Waals surface area contributed by atoms with E-state index in [0.29, 0.717) is 5.75 Å². The molecule has 0 radical (unpaired) electrons. The van der Waals surface area contributed by atoms with Gasteiger partial charge in [-0.3, -0.25) is 0 Å². The van der Waals surface area contributed by atoms with Crippen molar-refractivity contribution < 1.29 is 34.3 Å². The SMILES string of the molecule is COC1C(CO)OC(Oc2cccc(C=CCO)c2)C(OC)C1O. The first-order valence-corrected chi connectivity index (χ1v) is 7.68. The average molecular weight is 340 g/mol. The molecule has 0 spiro atoms. The van der Waals surface area contributed by atoms with E-state index in [1.54, 1.807) is 30.4 Å². The summed E-state index contributed by atoms with van der Waals surface area (Å²) in [5.41, 5.74) is 0.848. The van der Waals surface area contributed by atoms with Crippen LogP contribution in [0.25, 0.3) is 6.08 Å². The van der Waals surface area contributed by atoms with Crippen LogP contribution < -0.4 is 4.74 Å². The lowest BCUT2D eigenvalue weighted by molar-refractivity contribution is -0.287. The van der Waals surface area contributed by atoms with E-state index >= 15 is 0 Å². The second-order valence-electron chi connectivity index (χ2n) is 5.39. The van der Waals surface area contributed by atoms with Crippen LogP contribution in [0.15, 0.2) is 30.3 Å². The zero-order valence-electron chi connectivity index (χ0n) is 13.7.